The molecule has 6 heteroatoms. The van der Waals surface area contributed by atoms with Gasteiger partial charge >= 0.3 is 5.97 Å². The van der Waals surface area contributed by atoms with Crippen LogP contribution in [0.25, 0.3) is 0 Å². The van der Waals surface area contributed by atoms with E-state index >= 15 is 0 Å². The van der Waals surface area contributed by atoms with E-state index in [0.717, 1.165) is 10.4 Å². The molecule has 26 heavy (non-hydrogen) atoms. The minimum absolute atomic E-state index is 0.104. The lowest BCUT2D eigenvalue weighted by Crippen LogP contribution is -2.49. The topological polar surface area (TPSA) is 66.4 Å². The van der Waals surface area contributed by atoms with E-state index in [1.165, 1.54) is 11.3 Å². The normalized spacial score (nSPS) is 12.0. The number of rotatable bonds is 6. The van der Waals surface area contributed by atoms with Gasteiger partial charge < -0.3 is 14.9 Å². The molecule has 1 atom stereocenters. The number of nitrogens with zero attached hydrogens (tertiary/aromatic N) is 1. The Bertz CT molecular complexity index is 826. The molecule has 1 amide bonds. The van der Waals surface area contributed by atoms with Crippen LogP contribution in [0.4, 0.5) is 0 Å². The summed E-state index contributed by atoms with van der Waals surface area (Å²) < 4.78 is 0.566. The molecule has 1 unspecified atom stereocenters. The molecule has 2 rings (SSSR count). The summed E-state index contributed by atoms with van der Waals surface area (Å²) in [5.41, 5.74) is 0.913. The largest absolute Gasteiger partial charge is 0.481 e. The Morgan fingerprint density at radius 1 is 1.12 bits per heavy atom. The number of quaternary nitrogens is 1. The number of likely N-dealkylation sites (N-methyl/N-ethyl adjacent to an activating group) is 1. The fourth-order valence-corrected chi connectivity index (χ4v) is 3.23. The average Bonchev–Trinajstić information content (AvgIpc) is 3.00. The number of carboxylic acid groups (broad SMARTS) is 1. The summed E-state index contributed by atoms with van der Waals surface area (Å²) in [4.78, 5) is 24.8. The maximum atomic E-state index is 12.5. The first-order valence-corrected chi connectivity index (χ1v) is 9.04. The van der Waals surface area contributed by atoms with Gasteiger partial charge in [0.1, 0.15) is 0 Å². The Morgan fingerprint density at radius 3 is 2.42 bits per heavy atom. The summed E-state index contributed by atoms with van der Waals surface area (Å²) in [5, 5.41) is 11.9. The van der Waals surface area contributed by atoms with E-state index in [-0.39, 0.29) is 12.3 Å². The van der Waals surface area contributed by atoms with Gasteiger partial charge in [-0.15, -0.1) is 11.3 Å². The van der Waals surface area contributed by atoms with Crippen LogP contribution < -0.4 is 5.32 Å². The lowest BCUT2D eigenvalue weighted by atomic mass is 10.2. The molecule has 136 valence electrons. The highest BCUT2D eigenvalue weighted by Crippen LogP contribution is 2.16. The van der Waals surface area contributed by atoms with Crippen LogP contribution >= 0.6 is 11.3 Å². The van der Waals surface area contributed by atoms with Crippen LogP contribution in [0.1, 0.15) is 26.5 Å². The number of aliphatic carboxylic acids is 1. The summed E-state index contributed by atoms with van der Waals surface area (Å²) in [6.07, 6.45) is -0.104. The fourth-order valence-electron chi connectivity index (χ4n) is 2.47. The first kappa shape index (κ1) is 19.7. The highest BCUT2D eigenvalue weighted by Gasteiger charge is 2.23. The molecule has 0 saturated heterocycles. The highest BCUT2D eigenvalue weighted by molar-refractivity contribution is 7.14. The molecule has 1 heterocycles. The smallest absolute Gasteiger partial charge is 0.305 e. The second kappa shape index (κ2) is 8.65. The zero-order valence-electron chi connectivity index (χ0n) is 15.2. The van der Waals surface area contributed by atoms with Gasteiger partial charge in [-0.3, -0.25) is 9.59 Å². The molecule has 2 N–H and O–H groups in total. The summed E-state index contributed by atoms with van der Waals surface area (Å²) in [6, 6.07) is 12.7. The Hall–Kier alpha value is -2.62. The van der Waals surface area contributed by atoms with Crippen molar-refractivity contribution in [1.29, 1.82) is 0 Å². The van der Waals surface area contributed by atoms with Crippen LogP contribution in [0.3, 0.4) is 0 Å². The summed E-state index contributed by atoms with van der Waals surface area (Å²) in [5.74, 6) is 4.92. The van der Waals surface area contributed by atoms with Crippen molar-refractivity contribution in [3.05, 3.63) is 57.8 Å². The van der Waals surface area contributed by atoms with Crippen molar-refractivity contribution in [2.45, 2.75) is 12.5 Å². The molecule has 1 aromatic heterocycles. The van der Waals surface area contributed by atoms with E-state index in [1.54, 1.807) is 6.07 Å². The predicted octanol–water partition coefficient (Wildman–Crippen LogP) is 2.43. The number of hydrogen-bond acceptors (Lipinski definition) is 3. The van der Waals surface area contributed by atoms with Crippen LogP contribution in [0.2, 0.25) is 0 Å². The Labute approximate surface area is 157 Å². The Morgan fingerprint density at radius 2 is 1.81 bits per heavy atom. The van der Waals surface area contributed by atoms with Crippen molar-refractivity contribution in [3.63, 3.8) is 0 Å². The number of nitrogens with one attached hydrogen (secondary N) is 1. The van der Waals surface area contributed by atoms with Crippen LogP contribution in [-0.4, -0.2) is 55.2 Å². The molecule has 0 aliphatic heterocycles. The van der Waals surface area contributed by atoms with Gasteiger partial charge in [0.15, 0.2) is 0 Å². The third-order valence-corrected chi connectivity index (χ3v) is 4.46. The SMILES string of the molecule is C[N+](C)(C)CC(CC(=O)O)NC(=O)c1ccc(C#Cc2ccccc2)s1. The number of benzene rings is 1. The molecule has 0 saturated carbocycles. The standard InChI is InChI=1S/C20H22N2O3S/c1-22(2,3)14-16(13-19(23)24)21-20(25)18-12-11-17(26-18)10-9-15-7-5-4-6-8-15/h4-8,11-12,16H,13-14H2,1-3H3,(H-,21,23,24,25)/p+1. The van der Waals surface area contributed by atoms with Gasteiger partial charge in [-0.25, -0.2) is 0 Å². The van der Waals surface area contributed by atoms with Crippen molar-refractivity contribution in [1.82, 2.24) is 5.32 Å². The van der Waals surface area contributed by atoms with E-state index < -0.39 is 12.0 Å². The van der Waals surface area contributed by atoms with Gasteiger partial charge in [0.05, 0.1) is 49.9 Å². The maximum absolute atomic E-state index is 12.5. The molecule has 1 aromatic carbocycles. The fraction of sp³-hybridized carbons (Fsp3) is 0.300. The number of amides is 1. The molecule has 5 nitrogen and oxygen atoms in total. The second-order valence-corrected chi connectivity index (χ2v) is 8.10. The molecule has 0 bridgehead atoms. The molecule has 0 radical (unpaired) electrons. The van der Waals surface area contributed by atoms with Gasteiger partial charge in [-0.05, 0) is 24.3 Å². The highest BCUT2D eigenvalue weighted by atomic mass is 32.1. The van der Waals surface area contributed by atoms with Crippen LogP contribution in [0.5, 0.6) is 0 Å². The molecule has 0 aliphatic rings. The van der Waals surface area contributed by atoms with Crippen molar-refractivity contribution in [2.75, 3.05) is 27.7 Å². The molecular formula is C20H23N2O3S+. The van der Waals surface area contributed by atoms with E-state index in [1.807, 2.05) is 57.5 Å². The zero-order chi connectivity index (χ0) is 19.2. The average molecular weight is 371 g/mol. The predicted molar refractivity (Wildman–Crippen MR) is 103 cm³/mol. The van der Waals surface area contributed by atoms with Crippen LogP contribution in [-0.2, 0) is 4.79 Å². The number of hydrogen-bond donors (Lipinski definition) is 2. The molecule has 0 spiro atoms. The maximum Gasteiger partial charge on any atom is 0.305 e. The minimum Gasteiger partial charge on any atom is -0.481 e. The summed E-state index contributed by atoms with van der Waals surface area (Å²) >= 11 is 1.30. The van der Waals surface area contributed by atoms with E-state index in [4.69, 9.17) is 5.11 Å². The van der Waals surface area contributed by atoms with Gasteiger partial charge in [-0.2, -0.15) is 0 Å². The first-order valence-electron chi connectivity index (χ1n) is 8.23. The number of carbonyl (C=O) groups excluding carboxylic acids is 1. The monoisotopic (exact) mass is 371 g/mol. The lowest BCUT2D eigenvalue weighted by Gasteiger charge is -2.29. The van der Waals surface area contributed by atoms with Crippen LogP contribution in [0.15, 0.2) is 42.5 Å². The zero-order valence-corrected chi connectivity index (χ0v) is 16.0. The third-order valence-electron chi connectivity index (χ3n) is 3.46. The van der Waals surface area contributed by atoms with E-state index in [0.29, 0.717) is 15.9 Å². The van der Waals surface area contributed by atoms with E-state index in [2.05, 4.69) is 17.2 Å². The molecular weight excluding hydrogens is 348 g/mol. The van der Waals surface area contributed by atoms with Crippen molar-refractivity contribution in [2.24, 2.45) is 0 Å². The first-order chi connectivity index (χ1) is 12.2. The molecule has 0 fully saturated rings. The van der Waals surface area contributed by atoms with Crippen molar-refractivity contribution in [3.8, 4) is 11.8 Å². The summed E-state index contributed by atoms with van der Waals surface area (Å²) in [7, 11) is 5.89. The van der Waals surface area contributed by atoms with Crippen molar-refractivity contribution < 1.29 is 19.2 Å². The molecule has 0 aliphatic carbocycles. The third kappa shape index (κ3) is 6.71. The van der Waals surface area contributed by atoms with Gasteiger partial charge in [0, 0.05) is 5.56 Å². The summed E-state index contributed by atoms with van der Waals surface area (Å²) in [6.45, 7) is 0.532. The van der Waals surface area contributed by atoms with Gasteiger partial charge in [0.25, 0.3) is 5.91 Å². The van der Waals surface area contributed by atoms with Gasteiger partial charge in [0.2, 0.25) is 0 Å². The molecule has 2 aromatic rings. The van der Waals surface area contributed by atoms with Gasteiger partial charge in [-0.1, -0.05) is 30.0 Å². The minimum atomic E-state index is -0.927. The Kier molecular flexibility index (Phi) is 6.56. The lowest BCUT2D eigenvalue weighted by molar-refractivity contribution is -0.871. The Balaban J connectivity index is 2.06. The number of carboxylic acids is 1. The quantitative estimate of drug-likeness (QED) is 0.605. The number of thiophene rings is 1. The van der Waals surface area contributed by atoms with Crippen molar-refractivity contribution >= 4 is 23.2 Å². The number of carbonyl (C=O) groups is 2. The van der Waals surface area contributed by atoms with Crippen LogP contribution in [0, 0.1) is 11.8 Å². The second-order valence-electron chi connectivity index (χ2n) is 7.02. The van der Waals surface area contributed by atoms with E-state index in [9.17, 15) is 9.59 Å².